The molecule has 0 atom stereocenters. The van der Waals surface area contributed by atoms with E-state index in [2.05, 4.69) is 15.9 Å². The van der Waals surface area contributed by atoms with Crippen molar-refractivity contribution in [3.05, 3.63) is 0 Å². The lowest BCUT2D eigenvalue weighted by Crippen LogP contribution is -2.32. The van der Waals surface area contributed by atoms with Gasteiger partial charge < -0.3 is 10.0 Å². The molecule has 1 amide bonds. The molecule has 5 heteroatoms. The molecule has 0 heterocycles. The van der Waals surface area contributed by atoms with Gasteiger partial charge in [0.2, 0.25) is 0 Å². The number of alkyl halides is 2. The van der Waals surface area contributed by atoms with Crippen molar-refractivity contribution in [2.24, 2.45) is 0 Å². The molecule has 0 saturated carbocycles. The zero-order valence-electron chi connectivity index (χ0n) is 5.39. The van der Waals surface area contributed by atoms with Gasteiger partial charge in [-0.1, -0.05) is 15.9 Å². The van der Waals surface area contributed by atoms with Crippen LogP contribution < -0.4 is 0 Å². The molecule has 0 aliphatic rings. The maximum Gasteiger partial charge on any atom is 0.407 e. The Hall–Kier alpha value is 0.0400. The highest BCUT2D eigenvalue weighted by molar-refractivity contribution is 9.09. The van der Waals surface area contributed by atoms with E-state index in [0.717, 1.165) is 0 Å². The first kappa shape index (κ1) is 10.0. The molecule has 0 radical (unpaired) electrons. The van der Waals surface area contributed by atoms with E-state index >= 15 is 0 Å². The first-order chi connectivity index (χ1) is 4.72. The number of carbonyl (C=O) groups is 1. The monoisotopic (exact) mass is 229 g/mol. The van der Waals surface area contributed by atoms with Crippen molar-refractivity contribution in [1.29, 1.82) is 0 Å². The van der Waals surface area contributed by atoms with Gasteiger partial charge >= 0.3 is 6.09 Å². The van der Waals surface area contributed by atoms with Crippen molar-refractivity contribution in [3.8, 4) is 0 Å². The van der Waals surface area contributed by atoms with Gasteiger partial charge in [-0.3, -0.25) is 0 Å². The van der Waals surface area contributed by atoms with Gasteiger partial charge in [-0.15, -0.1) is 11.6 Å². The van der Waals surface area contributed by atoms with Gasteiger partial charge in [-0.2, -0.15) is 0 Å². The summed E-state index contributed by atoms with van der Waals surface area (Å²) >= 11 is 8.50. The fourth-order valence-electron chi connectivity index (χ4n) is 0.507. The molecule has 0 aromatic carbocycles. The highest BCUT2D eigenvalue weighted by Crippen LogP contribution is 1.92. The maximum atomic E-state index is 10.3. The van der Waals surface area contributed by atoms with Crippen molar-refractivity contribution in [3.63, 3.8) is 0 Å². The van der Waals surface area contributed by atoms with Gasteiger partial charge in [0.25, 0.3) is 0 Å². The summed E-state index contributed by atoms with van der Waals surface area (Å²) in [5.41, 5.74) is 0. The van der Waals surface area contributed by atoms with E-state index in [1.807, 2.05) is 0 Å². The number of carboxylic acid groups (broad SMARTS) is 1. The van der Waals surface area contributed by atoms with Gasteiger partial charge in [0.15, 0.2) is 0 Å². The summed E-state index contributed by atoms with van der Waals surface area (Å²) < 4.78 is 0. The molecule has 0 aliphatic heterocycles. The molecule has 0 saturated heterocycles. The van der Waals surface area contributed by atoms with E-state index in [9.17, 15) is 4.79 Å². The van der Waals surface area contributed by atoms with Crippen LogP contribution in [0, 0.1) is 0 Å². The lowest BCUT2D eigenvalue weighted by atomic mass is 10.5. The number of hydrogen-bond acceptors (Lipinski definition) is 1. The first-order valence-electron chi connectivity index (χ1n) is 2.82. The Morgan fingerprint density at radius 1 is 1.60 bits per heavy atom. The van der Waals surface area contributed by atoms with Gasteiger partial charge in [0, 0.05) is 24.3 Å². The standard InChI is InChI=1S/C5H9BrClNO2/c6-1-3-8(4-2-7)5(9)10/h1-4H2,(H,9,10). The van der Waals surface area contributed by atoms with E-state index in [0.29, 0.717) is 24.3 Å². The van der Waals surface area contributed by atoms with E-state index in [1.54, 1.807) is 0 Å². The average molecular weight is 230 g/mol. The summed E-state index contributed by atoms with van der Waals surface area (Å²) in [5.74, 6) is 0.347. The van der Waals surface area contributed by atoms with E-state index < -0.39 is 6.09 Å². The zero-order valence-corrected chi connectivity index (χ0v) is 7.73. The first-order valence-corrected chi connectivity index (χ1v) is 4.47. The second kappa shape index (κ2) is 5.80. The molecule has 0 fully saturated rings. The highest BCUT2D eigenvalue weighted by atomic mass is 79.9. The van der Waals surface area contributed by atoms with E-state index in [-0.39, 0.29) is 0 Å². The summed E-state index contributed by atoms with van der Waals surface area (Å²) in [6.07, 6.45) is -0.917. The molecular weight excluding hydrogens is 221 g/mol. The summed E-state index contributed by atoms with van der Waals surface area (Å²) in [6, 6.07) is 0. The van der Waals surface area contributed by atoms with Gasteiger partial charge in [-0.25, -0.2) is 4.79 Å². The Bertz CT molecular complexity index is 106. The summed E-state index contributed by atoms with van der Waals surface area (Å²) in [7, 11) is 0. The lowest BCUT2D eigenvalue weighted by molar-refractivity contribution is 0.151. The van der Waals surface area contributed by atoms with Crippen molar-refractivity contribution < 1.29 is 9.90 Å². The fraction of sp³-hybridized carbons (Fsp3) is 0.800. The molecule has 0 bridgehead atoms. The Balaban J connectivity index is 3.61. The smallest absolute Gasteiger partial charge is 0.407 e. The minimum Gasteiger partial charge on any atom is -0.465 e. The van der Waals surface area contributed by atoms with Crippen LogP contribution in [0.4, 0.5) is 4.79 Å². The predicted octanol–water partition coefficient (Wildman–Crippen LogP) is 1.60. The second-order valence-electron chi connectivity index (χ2n) is 1.65. The molecule has 0 aliphatic carbocycles. The maximum absolute atomic E-state index is 10.3. The quantitative estimate of drug-likeness (QED) is 0.745. The SMILES string of the molecule is O=C(O)N(CCCl)CCBr. The summed E-state index contributed by atoms with van der Waals surface area (Å²) in [4.78, 5) is 11.6. The highest BCUT2D eigenvalue weighted by Gasteiger charge is 2.08. The molecule has 0 aromatic rings. The molecule has 0 spiro atoms. The van der Waals surface area contributed by atoms with Gasteiger partial charge in [0.1, 0.15) is 0 Å². The third kappa shape index (κ3) is 3.95. The Morgan fingerprint density at radius 2 is 2.20 bits per heavy atom. The third-order valence-corrected chi connectivity index (χ3v) is 1.50. The number of nitrogens with zero attached hydrogens (tertiary/aromatic N) is 1. The minimum atomic E-state index is -0.917. The minimum absolute atomic E-state index is 0.347. The van der Waals surface area contributed by atoms with Crippen LogP contribution in [0.1, 0.15) is 0 Å². The van der Waals surface area contributed by atoms with E-state index in [1.165, 1.54) is 4.90 Å². The van der Waals surface area contributed by atoms with Crippen LogP contribution in [0.3, 0.4) is 0 Å². The molecule has 0 unspecified atom stereocenters. The van der Waals surface area contributed by atoms with Gasteiger partial charge in [-0.05, 0) is 0 Å². The molecular formula is C5H9BrClNO2. The van der Waals surface area contributed by atoms with Crippen LogP contribution in [0.25, 0.3) is 0 Å². The number of rotatable bonds is 4. The Morgan fingerprint density at radius 3 is 2.50 bits per heavy atom. The molecule has 60 valence electrons. The number of hydrogen-bond donors (Lipinski definition) is 1. The van der Waals surface area contributed by atoms with Crippen LogP contribution in [-0.4, -0.2) is 40.4 Å². The largest absolute Gasteiger partial charge is 0.465 e. The third-order valence-electron chi connectivity index (χ3n) is 0.979. The number of amides is 1. The van der Waals surface area contributed by atoms with Crippen LogP contribution in [0.15, 0.2) is 0 Å². The second-order valence-corrected chi connectivity index (χ2v) is 2.82. The molecule has 3 nitrogen and oxygen atoms in total. The Labute approximate surface area is 73.1 Å². The van der Waals surface area contributed by atoms with Crippen molar-refractivity contribution in [1.82, 2.24) is 4.90 Å². The van der Waals surface area contributed by atoms with Gasteiger partial charge in [0.05, 0.1) is 0 Å². The number of halogens is 2. The topological polar surface area (TPSA) is 40.5 Å². The summed E-state index contributed by atoms with van der Waals surface area (Å²) in [6.45, 7) is 0.880. The van der Waals surface area contributed by atoms with Crippen LogP contribution in [-0.2, 0) is 0 Å². The Kier molecular flexibility index (Phi) is 5.82. The van der Waals surface area contributed by atoms with E-state index in [4.69, 9.17) is 16.7 Å². The average Bonchev–Trinajstić information content (AvgIpc) is 1.87. The molecule has 1 N–H and O–H groups in total. The molecule has 0 rings (SSSR count). The molecule has 0 aromatic heterocycles. The zero-order chi connectivity index (χ0) is 7.98. The van der Waals surface area contributed by atoms with Crippen LogP contribution in [0.2, 0.25) is 0 Å². The normalized spacial score (nSPS) is 9.40. The predicted molar refractivity (Wildman–Crippen MR) is 44.1 cm³/mol. The van der Waals surface area contributed by atoms with Crippen molar-refractivity contribution >= 4 is 33.6 Å². The summed E-state index contributed by atoms with van der Waals surface area (Å²) in [5, 5.41) is 9.13. The lowest BCUT2D eigenvalue weighted by Gasteiger charge is -2.15. The van der Waals surface area contributed by atoms with Crippen molar-refractivity contribution in [2.75, 3.05) is 24.3 Å². The molecule has 10 heavy (non-hydrogen) atoms. The van der Waals surface area contributed by atoms with Crippen molar-refractivity contribution in [2.45, 2.75) is 0 Å². The fourth-order valence-corrected chi connectivity index (χ4v) is 1.14. The van der Waals surface area contributed by atoms with Crippen LogP contribution >= 0.6 is 27.5 Å². The van der Waals surface area contributed by atoms with Crippen LogP contribution in [0.5, 0.6) is 0 Å².